The van der Waals surface area contributed by atoms with Crippen molar-refractivity contribution >= 4 is 32.9 Å². The summed E-state index contributed by atoms with van der Waals surface area (Å²) in [5.74, 6) is 0. The maximum Gasteiger partial charge on any atom is 0.261 e. The monoisotopic (exact) mass is 415 g/mol. The van der Waals surface area contributed by atoms with Crippen molar-refractivity contribution in [2.75, 3.05) is 6.26 Å². The molecule has 2 aromatic heterocycles. The van der Waals surface area contributed by atoms with E-state index in [9.17, 15) is 8.42 Å². The van der Waals surface area contributed by atoms with Gasteiger partial charge >= 0.3 is 0 Å². The Labute approximate surface area is 166 Å². The Balaban J connectivity index is 1.70. The van der Waals surface area contributed by atoms with Crippen LogP contribution in [-0.4, -0.2) is 34.2 Å². The average Bonchev–Trinajstić information content (AvgIpc) is 3.12. The first-order valence-electron chi connectivity index (χ1n) is 8.33. The molecule has 1 atom stereocenters. The number of hydrogen-bond donors (Lipinski definition) is 1. The molecule has 1 unspecified atom stereocenters. The first-order chi connectivity index (χ1) is 13.5. The molecule has 8 nitrogen and oxygen atoms in total. The summed E-state index contributed by atoms with van der Waals surface area (Å²) in [6.45, 7) is 1.90. The van der Waals surface area contributed by atoms with E-state index in [2.05, 4.69) is 19.7 Å². The first-order valence-corrected chi connectivity index (χ1v) is 11.0. The summed E-state index contributed by atoms with van der Waals surface area (Å²) in [6.07, 6.45) is 8.95. The fourth-order valence-corrected chi connectivity index (χ4v) is 4.38. The molecule has 1 aliphatic heterocycles. The summed E-state index contributed by atoms with van der Waals surface area (Å²) in [5.41, 5.74) is 2.52. The smallest absolute Gasteiger partial charge is 0.261 e. The van der Waals surface area contributed by atoms with Gasteiger partial charge in [-0.2, -0.15) is 0 Å². The number of hydrogen-bond acceptors (Lipinski definition) is 7. The number of allylic oxidation sites excluding steroid dienone is 2. The lowest BCUT2D eigenvalue weighted by atomic mass is 10.2. The van der Waals surface area contributed by atoms with Crippen LogP contribution in [0.15, 0.2) is 71.0 Å². The minimum atomic E-state index is -3.77. The highest BCUT2D eigenvalue weighted by Crippen LogP contribution is 2.28. The van der Waals surface area contributed by atoms with Gasteiger partial charge < -0.3 is 4.74 Å². The molecule has 0 spiro atoms. The normalized spacial score (nSPS) is 16.6. The van der Waals surface area contributed by atoms with Crippen LogP contribution >= 0.6 is 11.8 Å². The number of thioether (sulfide) groups is 1. The minimum absolute atomic E-state index is 0.176. The maximum atomic E-state index is 12.8. The number of rotatable bonds is 5. The summed E-state index contributed by atoms with van der Waals surface area (Å²) >= 11 is 1.46. The molecule has 0 radical (unpaired) electrons. The molecule has 144 valence electrons. The minimum Gasteiger partial charge on any atom is -0.472 e. The van der Waals surface area contributed by atoms with Crippen LogP contribution < -0.4 is 4.72 Å². The number of aryl methyl sites for hydroxylation is 1. The Morgan fingerprint density at radius 3 is 2.71 bits per heavy atom. The van der Waals surface area contributed by atoms with Crippen molar-refractivity contribution in [2.45, 2.75) is 23.1 Å². The van der Waals surface area contributed by atoms with Crippen LogP contribution in [0.4, 0.5) is 0 Å². The number of fused-ring (bicyclic) bond motifs is 1. The Bertz CT molecular complexity index is 1180. The predicted molar refractivity (Wildman–Crippen MR) is 106 cm³/mol. The SMILES string of the molecule is CSc1ncnc2c1ncn2C1OC=CC=C1NS(=O)(=O)c1ccc(C)cc1. The summed E-state index contributed by atoms with van der Waals surface area (Å²) in [4.78, 5) is 13.0. The van der Waals surface area contributed by atoms with Gasteiger partial charge in [-0.25, -0.2) is 23.4 Å². The van der Waals surface area contributed by atoms with Gasteiger partial charge in [0.15, 0.2) is 5.65 Å². The highest BCUT2D eigenvalue weighted by Gasteiger charge is 2.26. The average molecular weight is 416 g/mol. The second-order valence-electron chi connectivity index (χ2n) is 6.06. The molecule has 1 aliphatic rings. The van der Waals surface area contributed by atoms with E-state index in [0.29, 0.717) is 16.9 Å². The standard InChI is InChI=1S/C18H17N5O3S2/c1-12-5-7-13(8-6-12)28(24,25)22-14-4-3-9-26-18(14)23-11-21-15-16(23)19-10-20-17(15)27-2/h3-11,18,22H,1-2H3. The van der Waals surface area contributed by atoms with Gasteiger partial charge in [-0.15, -0.1) is 11.8 Å². The maximum absolute atomic E-state index is 12.8. The van der Waals surface area contributed by atoms with Crippen LogP contribution in [0.25, 0.3) is 11.2 Å². The van der Waals surface area contributed by atoms with Gasteiger partial charge in [0.2, 0.25) is 6.23 Å². The fraction of sp³-hybridized carbons (Fsp3) is 0.167. The van der Waals surface area contributed by atoms with Gasteiger partial charge in [-0.3, -0.25) is 9.29 Å². The highest BCUT2D eigenvalue weighted by atomic mass is 32.2. The molecule has 0 bridgehead atoms. The van der Waals surface area contributed by atoms with Gasteiger partial charge in [-0.05, 0) is 37.5 Å². The third-order valence-electron chi connectivity index (χ3n) is 4.18. The topological polar surface area (TPSA) is 99.0 Å². The number of nitrogens with one attached hydrogen (secondary N) is 1. The van der Waals surface area contributed by atoms with Crippen LogP contribution in [0.5, 0.6) is 0 Å². The van der Waals surface area contributed by atoms with Crippen molar-refractivity contribution < 1.29 is 13.2 Å². The van der Waals surface area contributed by atoms with Gasteiger partial charge in [0, 0.05) is 0 Å². The second-order valence-corrected chi connectivity index (χ2v) is 8.54. The number of benzene rings is 1. The summed E-state index contributed by atoms with van der Waals surface area (Å²) in [5, 5.41) is 0.737. The quantitative estimate of drug-likeness (QED) is 0.505. The molecule has 4 rings (SSSR count). The molecule has 3 heterocycles. The number of ether oxygens (including phenoxy) is 1. The highest BCUT2D eigenvalue weighted by molar-refractivity contribution is 7.98. The summed E-state index contributed by atoms with van der Waals surface area (Å²) < 4.78 is 35.6. The van der Waals surface area contributed by atoms with E-state index >= 15 is 0 Å². The van der Waals surface area contributed by atoms with Crippen molar-refractivity contribution in [3.8, 4) is 0 Å². The van der Waals surface area contributed by atoms with Gasteiger partial charge in [0.1, 0.15) is 23.2 Å². The van der Waals surface area contributed by atoms with E-state index in [1.807, 2.05) is 13.2 Å². The van der Waals surface area contributed by atoms with Crippen molar-refractivity contribution in [3.05, 3.63) is 66.6 Å². The number of imidazole rings is 1. The molecular formula is C18H17N5O3S2. The number of sulfonamides is 1. The zero-order valence-electron chi connectivity index (χ0n) is 15.1. The van der Waals surface area contributed by atoms with Crippen LogP contribution in [0, 0.1) is 6.92 Å². The molecule has 28 heavy (non-hydrogen) atoms. The van der Waals surface area contributed by atoms with Crippen molar-refractivity contribution in [1.82, 2.24) is 24.2 Å². The Morgan fingerprint density at radius 1 is 1.18 bits per heavy atom. The molecule has 0 amide bonds. The summed E-state index contributed by atoms with van der Waals surface area (Å²) in [7, 11) is -3.77. The van der Waals surface area contributed by atoms with Gasteiger partial charge in [0.25, 0.3) is 10.0 Å². The molecule has 1 N–H and O–H groups in total. The van der Waals surface area contributed by atoms with E-state index in [4.69, 9.17) is 4.74 Å². The van der Waals surface area contributed by atoms with E-state index < -0.39 is 16.3 Å². The third-order valence-corrected chi connectivity index (χ3v) is 6.27. The molecule has 0 saturated heterocycles. The Kier molecular flexibility index (Phi) is 4.82. The van der Waals surface area contributed by atoms with Gasteiger partial charge in [0.05, 0.1) is 16.9 Å². The number of aromatic nitrogens is 4. The van der Waals surface area contributed by atoms with Crippen LogP contribution in [0.2, 0.25) is 0 Å². The van der Waals surface area contributed by atoms with Crippen LogP contribution in [0.3, 0.4) is 0 Å². The first kappa shape index (κ1) is 18.5. The Morgan fingerprint density at radius 2 is 1.96 bits per heavy atom. The lowest BCUT2D eigenvalue weighted by Gasteiger charge is -2.24. The van der Waals surface area contributed by atoms with Crippen molar-refractivity contribution in [2.24, 2.45) is 0 Å². The lowest BCUT2D eigenvalue weighted by molar-refractivity contribution is 0.109. The zero-order valence-corrected chi connectivity index (χ0v) is 16.7. The van der Waals surface area contributed by atoms with Crippen LogP contribution in [0.1, 0.15) is 11.8 Å². The zero-order chi connectivity index (χ0) is 19.7. The summed E-state index contributed by atoms with van der Waals surface area (Å²) in [6, 6.07) is 6.64. The van der Waals surface area contributed by atoms with E-state index in [0.717, 1.165) is 10.6 Å². The number of nitrogens with zero attached hydrogens (tertiary/aromatic N) is 4. The molecule has 0 fully saturated rings. The van der Waals surface area contributed by atoms with E-state index in [1.165, 1.54) is 24.4 Å². The molecule has 3 aromatic rings. The van der Waals surface area contributed by atoms with Gasteiger partial charge in [-0.1, -0.05) is 17.7 Å². The van der Waals surface area contributed by atoms with E-state index in [-0.39, 0.29) is 4.90 Å². The van der Waals surface area contributed by atoms with Crippen molar-refractivity contribution in [3.63, 3.8) is 0 Å². The van der Waals surface area contributed by atoms with E-state index in [1.54, 1.807) is 47.3 Å². The molecule has 1 aromatic carbocycles. The Hall–Kier alpha value is -2.85. The third kappa shape index (κ3) is 3.36. The predicted octanol–water partition coefficient (Wildman–Crippen LogP) is 2.76. The van der Waals surface area contributed by atoms with Crippen molar-refractivity contribution in [1.29, 1.82) is 0 Å². The van der Waals surface area contributed by atoms with Crippen LogP contribution in [-0.2, 0) is 14.8 Å². The molecule has 0 saturated carbocycles. The molecule has 0 aliphatic carbocycles. The molecular weight excluding hydrogens is 398 g/mol. The largest absolute Gasteiger partial charge is 0.472 e. The molecule has 10 heteroatoms. The second kappa shape index (κ2) is 7.28. The fourth-order valence-electron chi connectivity index (χ4n) is 2.80. The lowest BCUT2D eigenvalue weighted by Crippen LogP contribution is -2.30.